The number of hydrogen-bond donors (Lipinski definition) is 0. The van der Waals surface area contributed by atoms with Gasteiger partial charge in [0.15, 0.2) is 0 Å². The van der Waals surface area contributed by atoms with Gasteiger partial charge in [-0.25, -0.2) is 0 Å². The Morgan fingerprint density at radius 2 is 1.07 bits per heavy atom. The van der Waals surface area contributed by atoms with Crippen LogP contribution in [-0.2, 0) is 0 Å². The largest absolute Gasteiger partial charge is 0.0654 e. The zero-order valence-corrected chi connectivity index (χ0v) is 11.0. The summed E-state index contributed by atoms with van der Waals surface area (Å²) in [6.07, 6.45) is 8.47. The molecule has 0 heterocycles. The van der Waals surface area contributed by atoms with Crippen molar-refractivity contribution in [2.75, 3.05) is 0 Å². The Kier molecular flexibility index (Phi) is 8.32. The molecule has 0 nitrogen and oxygen atoms in total. The lowest BCUT2D eigenvalue weighted by atomic mass is 9.91. The van der Waals surface area contributed by atoms with E-state index in [1.54, 1.807) is 0 Å². The molecule has 0 aliphatic heterocycles. The fraction of sp³-hybridized carbons (Fsp3) is 1.00. The minimum atomic E-state index is 0.880. The van der Waals surface area contributed by atoms with Gasteiger partial charge in [-0.05, 0) is 17.8 Å². The molecule has 0 aliphatic carbocycles. The van der Waals surface area contributed by atoms with E-state index in [0.29, 0.717) is 0 Å². The smallest absolute Gasteiger partial charge is 0.0443 e. The van der Waals surface area contributed by atoms with Crippen molar-refractivity contribution in [3.05, 3.63) is 0 Å². The van der Waals surface area contributed by atoms with Gasteiger partial charge in [-0.2, -0.15) is 0 Å². The van der Waals surface area contributed by atoms with Crippen LogP contribution in [0.3, 0.4) is 0 Å². The van der Waals surface area contributed by atoms with E-state index in [1.165, 1.54) is 38.5 Å². The van der Waals surface area contributed by atoms with Crippen molar-refractivity contribution in [2.45, 2.75) is 73.1 Å². The van der Waals surface area contributed by atoms with Crippen LogP contribution in [0.5, 0.6) is 0 Å². The third-order valence-corrected chi connectivity index (χ3v) is 3.17. The molecule has 14 heavy (non-hydrogen) atoms. The quantitative estimate of drug-likeness (QED) is 0.498. The predicted molar refractivity (Wildman–Crippen MR) is 66.5 cm³/mol. The highest BCUT2D eigenvalue weighted by atomic mass is 14.1. The van der Waals surface area contributed by atoms with E-state index >= 15 is 0 Å². The highest BCUT2D eigenvalue weighted by Crippen LogP contribution is 2.21. The summed E-state index contributed by atoms with van der Waals surface area (Å²) in [5.41, 5.74) is 0. The van der Waals surface area contributed by atoms with Gasteiger partial charge < -0.3 is 0 Å². The van der Waals surface area contributed by atoms with Crippen LogP contribution in [0.1, 0.15) is 73.1 Å². The van der Waals surface area contributed by atoms with Crippen LogP contribution < -0.4 is 0 Å². The van der Waals surface area contributed by atoms with E-state index in [4.69, 9.17) is 0 Å². The van der Waals surface area contributed by atoms with Gasteiger partial charge in [0.1, 0.15) is 0 Å². The van der Waals surface area contributed by atoms with Gasteiger partial charge in [0.25, 0.3) is 0 Å². The van der Waals surface area contributed by atoms with Crippen LogP contribution in [0.25, 0.3) is 0 Å². The van der Waals surface area contributed by atoms with Crippen LogP contribution in [0.15, 0.2) is 0 Å². The molecule has 0 aliphatic rings. The summed E-state index contributed by atoms with van der Waals surface area (Å²) in [7, 11) is 0. The molecule has 0 N–H and O–H groups in total. The maximum absolute atomic E-state index is 2.42. The first-order valence-electron chi connectivity index (χ1n) is 6.56. The van der Waals surface area contributed by atoms with Gasteiger partial charge in [-0.1, -0.05) is 73.1 Å². The fourth-order valence-corrected chi connectivity index (χ4v) is 1.97. The summed E-state index contributed by atoms with van der Waals surface area (Å²) in [6, 6.07) is 0. The van der Waals surface area contributed by atoms with Crippen molar-refractivity contribution in [1.82, 2.24) is 0 Å². The van der Waals surface area contributed by atoms with Gasteiger partial charge in [0, 0.05) is 0 Å². The third-order valence-electron chi connectivity index (χ3n) is 3.17. The van der Waals surface area contributed by atoms with Crippen molar-refractivity contribution < 1.29 is 0 Å². The van der Waals surface area contributed by atoms with Crippen molar-refractivity contribution in [3.63, 3.8) is 0 Å². The topological polar surface area (TPSA) is 0 Å². The van der Waals surface area contributed by atoms with Gasteiger partial charge in [-0.3, -0.25) is 0 Å². The summed E-state index contributed by atoms with van der Waals surface area (Å²) in [5, 5.41) is 0. The molecule has 0 saturated heterocycles. The Morgan fingerprint density at radius 1 is 0.643 bits per heavy atom. The first-order valence-corrected chi connectivity index (χ1v) is 6.56. The van der Waals surface area contributed by atoms with Crippen LogP contribution in [0.4, 0.5) is 0 Å². The molecular formula is C14H30. The van der Waals surface area contributed by atoms with Crippen molar-refractivity contribution >= 4 is 0 Å². The second-order valence-corrected chi connectivity index (χ2v) is 5.55. The van der Waals surface area contributed by atoms with E-state index < -0.39 is 0 Å². The second-order valence-electron chi connectivity index (χ2n) is 5.55. The van der Waals surface area contributed by atoms with Crippen LogP contribution in [-0.4, -0.2) is 0 Å². The van der Waals surface area contributed by atoms with Crippen LogP contribution in [0.2, 0.25) is 0 Å². The minimum Gasteiger partial charge on any atom is -0.0654 e. The highest BCUT2D eigenvalue weighted by Gasteiger charge is 2.06. The molecule has 0 fully saturated rings. The van der Waals surface area contributed by atoms with Gasteiger partial charge in [0.05, 0.1) is 0 Å². The second kappa shape index (κ2) is 8.32. The van der Waals surface area contributed by atoms with E-state index in [0.717, 1.165) is 17.8 Å². The first kappa shape index (κ1) is 14.0. The Bertz CT molecular complexity index is 115. The zero-order chi connectivity index (χ0) is 11.0. The fourth-order valence-electron chi connectivity index (χ4n) is 1.97. The molecule has 2 unspecified atom stereocenters. The molecule has 2 atom stereocenters. The summed E-state index contributed by atoms with van der Waals surface area (Å²) >= 11 is 0. The Balaban J connectivity index is 3.38. The molecule has 0 spiro atoms. The molecule has 86 valence electrons. The molecule has 0 bridgehead atoms. The maximum Gasteiger partial charge on any atom is -0.0443 e. The lowest BCUT2D eigenvalue weighted by Crippen LogP contribution is -2.02. The molecule has 0 heteroatoms. The summed E-state index contributed by atoms with van der Waals surface area (Å²) in [5.74, 6) is 2.77. The standard InChI is InChI=1S/C14H30/c1-6-7-13(4)10-11-14(5)9-8-12(2)3/h12-14H,6-11H2,1-5H3. The number of rotatable bonds is 8. The lowest BCUT2D eigenvalue weighted by molar-refractivity contribution is 0.373. The third kappa shape index (κ3) is 8.59. The van der Waals surface area contributed by atoms with Gasteiger partial charge in [0.2, 0.25) is 0 Å². The molecular weight excluding hydrogens is 168 g/mol. The lowest BCUT2D eigenvalue weighted by Gasteiger charge is -2.15. The van der Waals surface area contributed by atoms with E-state index in [1.807, 2.05) is 0 Å². The molecule has 0 aromatic rings. The highest BCUT2D eigenvalue weighted by molar-refractivity contribution is 4.59. The normalized spacial score (nSPS) is 15.9. The van der Waals surface area contributed by atoms with Crippen molar-refractivity contribution in [3.8, 4) is 0 Å². The maximum atomic E-state index is 2.42. The average molecular weight is 198 g/mol. The summed E-state index contributed by atoms with van der Waals surface area (Å²) in [6.45, 7) is 11.8. The Labute approximate surface area is 91.5 Å². The molecule has 0 amide bonds. The van der Waals surface area contributed by atoms with Crippen LogP contribution in [0, 0.1) is 17.8 Å². The minimum absolute atomic E-state index is 0.880. The summed E-state index contributed by atoms with van der Waals surface area (Å²) < 4.78 is 0. The molecule has 0 aromatic heterocycles. The van der Waals surface area contributed by atoms with E-state index in [-0.39, 0.29) is 0 Å². The van der Waals surface area contributed by atoms with Gasteiger partial charge >= 0.3 is 0 Å². The number of hydrogen-bond acceptors (Lipinski definition) is 0. The molecule has 0 aromatic carbocycles. The molecule has 0 saturated carbocycles. The SMILES string of the molecule is CCCC(C)CCC(C)CCC(C)C. The Morgan fingerprint density at radius 3 is 1.50 bits per heavy atom. The Hall–Kier alpha value is 0. The summed E-state index contributed by atoms with van der Waals surface area (Å²) in [4.78, 5) is 0. The molecule has 0 radical (unpaired) electrons. The first-order chi connectivity index (χ1) is 6.56. The zero-order valence-electron chi connectivity index (χ0n) is 11.0. The van der Waals surface area contributed by atoms with Crippen molar-refractivity contribution in [2.24, 2.45) is 17.8 Å². The predicted octanol–water partition coefficient (Wildman–Crippen LogP) is 5.28. The average Bonchev–Trinajstić information content (AvgIpc) is 2.12. The van der Waals surface area contributed by atoms with Crippen molar-refractivity contribution in [1.29, 1.82) is 0 Å². The van der Waals surface area contributed by atoms with E-state index in [2.05, 4.69) is 34.6 Å². The monoisotopic (exact) mass is 198 g/mol. The van der Waals surface area contributed by atoms with Gasteiger partial charge in [-0.15, -0.1) is 0 Å². The van der Waals surface area contributed by atoms with Crippen LogP contribution >= 0.6 is 0 Å². The molecule has 0 rings (SSSR count). The van der Waals surface area contributed by atoms with E-state index in [9.17, 15) is 0 Å².